The maximum atomic E-state index is 5.45. The molecule has 0 bridgehead atoms. The normalized spacial score (nSPS) is 13.9. The maximum absolute atomic E-state index is 5.45. The minimum absolute atomic E-state index is 0.256. The Bertz CT molecular complexity index is 197. The molecule has 0 aliphatic carbocycles. The highest BCUT2D eigenvalue weighted by Crippen LogP contribution is 2.08. The zero-order valence-electron chi connectivity index (χ0n) is 10.3. The molecule has 0 aromatic rings. The molecule has 0 saturated carbocycles. The molecule has 0 rings (SSSR count). The predicted octanol–water partition coefficient (Wildman–Crippen LogP) is 4.10. The number of hydrogen-bond donors (Lipinski definition) is 0. The van der Waals surface area contributed by atoms with Crippen molar-refractivity contribution in [3.63, 3.8) is 0 Å². The minimum atomic E-state index is 0.256. The number of rotatable bonds is 6. The van der Waals surface area contributed by atoms with E-state index in [2.05, 4.69) is 39.8 Å². The Balaban J connectivity index is 3.82. The van der Waals surface area contributed by atoms with Gasteiger partial charge in [0.2, 0.25) is 0 Å². The highest BCUT2D eigenvalue weighted by molar-refractivity contribution is 5.04. The Labute approximate surface area is 88.9 Å². The van der Waals surface area contributed by atoms with E-state index in [0.717, 1.165) is 19.4 Å². The number of hydrogen-bond acceptors (Lipinski definition) is 1. The van der Waals surface area contributed by atoms with Gasteiger partial charge in [-0.15, -0.1) is 0 Å². The molecule has 0 heterocycles. The molecule has 0 aliphatic heterocycles. The molecule has 0 spiro atoms. The fraction of sp³-hybridized carbons (Fsp3) is 0.692. The molecule has 0 saturated heterocycles. The van der Waals surface area contributed by atoms with Gasteiger partial charge in [0.25, 0.3) is 0 Å². The number of allylic oxidation sites excluding steroid dienone is 3. The van der Waals surface area contributed by atoms with Crippen LogP contribution in [0, 0.1) is 0 Å². The fourth-order valence-corrected chi connectivity index (χ4v) is 1.38. The Kier molecular flexibility index (Phi) is 7.50. The van der Waals surface area contributed by atoms with Crippen molar-refractivity contribution in [2.45, 2.75) is 53.6 Å². The van der Waals surface area contributed by atoms with Gasteiger partial charge in [0.1, 0.15) is 0 Å². The summed E-state index contributed by atoms with van der Waals surface area (Å²) in [7, 11) is 0. The highest BCUT2D eigenvalue weighted by atomic mass is 16.5. The van der Waals surface area contributed by atoms with Crippen molar-refractivity contribution in [2.75, 3.05) is 6.61 Å². The molecular weight excluding hydrogens is 172 g/mol. The minimum Gasteiger partial charge on any atom is -0.375 e. The summed E-state index contributed by atoms with van der Waals surface area (Å²) >= 11 is 0. The maximum Gasteiger partial charge on any atom is 0.0730 e. The SMILES string of the molecule is CCOC(C)C=C(C)CCC=C(C)C. The van der Waals surface area contributed by atoms with Crippen molar-refractivity contribution in [1.82, 2.24) is 0 Å². The second-order valence-electron chi connectivity index (χ2n) is 3.99. The van der Waals surface area contributed by atoms with Crippen LogP contribution in [0.15, 0.2) is 23.3 Å². The Hall–Kier alpha value is -0.560. The van der Waals surface area contributed by atoms with E-state index in [-0.39, 0.29) is 6.10 Å². The van der Waals surface area contributed by atoms with Crippen molar-refractivity contribution < 1.29 is 4.74 Å². The van der Waals surface area contributed by atoms with Crippen LogP contribution in [0.3, 0.4) is 0 Å². The lowest BCUT2D eigenvalue weighted by Gasteiger charge is -2.07. The van der Waals surface area contributed by atoms with Gasteiger partial charge < -0.3 is 4.74 Å². The first-order chi connectivity index (χ1) is 6.56. The van der Waals surface area contributed by atoms with Crippen LogP contribution in [0.5, 0.6) is 0 Å². The molecule has 1 atom stereocenters. The second kappa shape index (κ2) is 7.81. The smallest absolute Gasteiger partial charge is 0.0730 e. The van der Waals surface area contributed by atoms with Crippen LogP contribution >= 0.6 is 0 Å². The van der Waals surface area contributed by atoms with Crippen LogP contribution in [0.2, 0.25) is 0 Å². The van der Waals surface area contributed by atoms with Gasteiger partial charge in [-0.1, -0.05) is 23.3 Å². The molecule has 0 N–H and O–H groups in total. The first kappa shape index (κ1) is 13.4. The molecule has 0 radical (unpaired) electrons. The first-order valence-electron chi connectivity index (χ1n) is 5.48. The average Bonchev–Trinajstić information content (AvgIpc) is 2.03. The van der Waals surface area contributed by atoms with Crippen molar-refractivity contribution in [2.24, 2.45) is 0 Å². The zero-order valence-corrected chi connectivity index (χ0v) is 10.3. The summed E-state index contributed by atoms with van der Waals surface area (Å²) in [6, 6.07) is 0. The van der Waals surface area contributed by atoms with Gasteiger partial charge in [-0.25, -0.2) is 0 Å². The Morgan fingerprint density at radius 1 is 1.29 bits per heavy atom. The molecule has 0 fully saturated rings. The van der Waals surface area contributed by atoms with Gasteiger partial charge in [0.15, 0.2) is 0 Å². The average molecular weight is 196 g/mol. The Morgan fingerprint density at radius 3 is 2.43 bits per heavy atom. The summed E-state index contributed by atoms with van der Waals surface area (Å²) in [6.07, 6.45) is 7.03. The van der Waals surface area contributed by atoms with E-state index in [1.54, 1.807) is 0 Å². The summed E-state index contributed by atoms with van der Waals surface area (Å²) in [5.41, 5.74) is 2.82. The van der Waals surface area contributed by atoms with E-state index in [1.165, 1.54) is 11.1 Å². The molecule has 14 heavy (non-hydrogen) atoms. The van der Waals surface area contributed by atoms with E-state index in [9.17, 15) is 0 Å². The van der Waals surface area contributed by atoms with Crippen molar-refractivity contribution in [3.05, 3.63) is 23.3 Å². The van der Waals surface area contributed by atoms with E-state index < -0.39 is 0 Å². The number of ether oxygens (including phenoxy) is 1. The Morgan fingerprint density at radius 2 is 1.93 bits per heavy atom. The predicted molar refractivity (Wildman–Crippen MR) is 63.5 cm³/mol. The molecule has 0 aliphatic rings. The highest BCUT2D eigenvalue weighted by Gasteiger charge is 1.96. The van der Waals surface area contributed by atoms with Gasteiger partial charge in [0, 0.05) is 6.61 Å². The standard InChI is InChI=1S/C13H24O/c1-6-14-13(5)10-12(4)9-7-8-11(2)3/h8,10,13H,6-7,9H2,1-5H3. The van der Waals surface area contributed by atoms with Gasteiger partial charge in [-0.3, -0.25) is 0 Å². The topological polar surface area (TPSA) is 9.23 Å². The summed E-state index contributed by atoms with van der Waals surface area (Å²) in [6.45, 7) is 11.4. The van der Waals surface area contributed by atoms with Gasteiger partial charge in [-0.05, 0) is 47.5 Å². The summed E-state index contributed by atoms with van der Waals surface area (Å²) in [5, 5.41) is 0. The van der Waals surface area contributed by atoms with Gasteiger partial charge >= 0.3 is 0 Å². The van der Waals surface area contributed by atoms with Crippen LogP contribution in [0.25, 0.3) is 0 Å². The van der Waals surface area contributed by atoms with E-state index in [0.29, 0.717) is 0 Å². The lowest BCUT2D eigenvalue weighted by molar-refractivity contribution is 0.109. The molecule has 1 nitrogen and oxygen atoms in total. The largest absolute Gasteiger partial charge is 0.375 e. The van der Waals surface area contributed by atoms with Crippen LogP contribution in [0.1, 0.15) is 47.5 Å². The quantitative estimate of drug-likeness (QED) is 0.581. The monoisotopic (exact) mass is 196 g/mol. The van der Waals surface area contributed by atoms with Gasteiger partial charge in [0.05, 0.1) is 6.10 Å². The van der Waals surface area contributed by atoms with Gasteiger partial charge in [-0.2, -0.15) is 0 Å². The molecule has 82 valence electrons. The molecule has 1 unspecified atom stereocenters. The van der Waals surface area contributed by atoms with Crippen molar-refractivity contribution >= 4 is 0 Å². The lowest BCUT2D eigenvalue weighted by atomic mass is 10.1. The third kappa shape index (κ3) is 8.06. The van der Waals surface area contributed by atoms with E-state index in [4.69, 9.17) is 4.74 Å². The molecule has 1 heteroatoms. The third-order valence-electron chi connectivity index (χ3n) is 2.04. The van der Waals surface area contributed by atoms with Crippen LogP contribution in [-0.2, 0) is 4.74 Å². The molecule has 0 aromatic carbocycles. The summed E-state index contributed by atoms with van der Waals surface area (Å²) in [4.78, 5) is 0. The van der Waals surface area contributed by atoms with Crippen molar-refractivity contribution in [3.8, 4) is 0 Å². The first-order valence-corrected chi connectivity index (χ1v) is 5.48. The second-order valence-corrected chi connectivity index (χ2v) is 3.99. The lowest BCUT2D eigenvalue weighted by Crippen LogP contribution is -2.04. The summed E-state index contributed by atoms with van der Waals surface area (Å²) in [5.74, 6) is 0. The molecular formula is C13H24O. The molecule has 0 amide bonds. The third-order valence-corrected chi connectivity index (χ3v) is 2.04. The van der Waals surface area contributed by atoms with Crippen LogP contribution in [0.4, 0.5) is 0 Å². The van der Waals surface area contributed by atoms with E-state index >= 15 is 0 Å². The van der Waals surface area contributed by atoms with E-state index in [1.807, 2.05) is 6.92 Å². The van der Waals surface area contributed by atoms with Crippen LogP contribution in [-0.4, -0.2) is 12.7 Å². The van der Waals surface area contributed by atoms with Crippen LogP contribution < -0.4 is 0 Å². The van der Waals surface area contributed by atoms with Crippen molar-refractivity contribution in [1.29, 1.82) is 0 Å². The fourth-order valence-electron chi connectivity index (χ4n) is 1.38. The zero-order chi connectivity index (χ0) is 11.0. The summed E-state index contributed by atoms with van der Waals surface area (Å²) < 4.78 is 5.45. The molecule has 0 aromatic heterocycles.